The number of carbonyl (C=O) groups excluding carboxylic acids is 1. The smallest absolute Gasteiger partial charge is 0.253 e. The Balaban J connectivity index is 2.12. The minimum atomic E-state index is -0.0870. The van der Waals surface area contributed by atoms with Gasteiger partial charge in [0.25, 0.3) is 5.91 Å². The zero-order chi connectivity index (χ0) is 15.2. The average molecular weight is 283 g/mol. The molecule has 1 aromatic heterocycles. The molecule has 0 aliphatic rings. The van der Waals surface area contributed by atoms with E-state index < -0.39 is 0 Å². The number of amides is 1. The molecule has 0 aliphatic heterocycles. The highest BCUT2D eigenvalue weighted by Crippen LogP contribution is 2.17. The number of nitrogens with zero attached hydrogens (tertiary/aromatic N) is 1. The first kappa shape index (κ1) is 15.0. The summed E-state index contributed by atoms with van der Waals surface area (Å²) in [4.78, 5) is 16.6. The molecule has 110 valence electrons. The molecule has 0 bridgehead atoms. The Kier molecular flexibility index (Phi) is 4.93. The van der Waals surface area contributed by atoms with Gasteiger partial charge in [0.1, 0.15) is 0 Å². The third kappa shape index (κ3) is 3.81. The molecule has 1 aromatic carbocycles. The summed E-state index contributed by atoms with van der Waals surface area (Å²) in [6.07, 6.45) is 1.74. The molecule has 0 fully saturated rings. The van der Waals surface area contributed by atoms with Crippen molar-refractivity contribution in [1.82, 2.24) is 10.3 Å². The average Bonchev–Trinajstić information content (AvgIpc) is 2.46. The number of hydrogen-bond acceptors (Lipinski definition) is 3. The summed E-state index contributed by atoms with van der Waals surface area (Å²) < 4.78 is 0. The normalized spacial score (nSPS) is 10.2. The molecule has 0 saturated heterocycles. The monoisotopic (exact) mass is 283 g/mol. The Labute approximate surface area is 125 Å². The van der Waals surface area contributed by atoms with Crippen molar-refractivity contribution in [2.45, 2.75) is 27.3 Å². The number of pyridine rings is 1. The molecule has 1 heterocycles. The third-order valence-corrected chi connectivity index (χ3v) is 3.32. The van der Waals surface area contributed by atoms with Crippen LogP contribution >= 0.6 is 0 Å². The van der Waals surface area contributed by atoms with Crippen LogP contribution in [0.4, 0.5) is 5.69 Å². The van der Waals surface area contributed by atoms with Crippen molar-refractivity contribution in [2.75, 3.05) is 11.9 Å². The zero-order valence-corrected chi connectivity index (χ0v) is 12.7. The molecule has 0 spiro atoms. The molecule has 1 amide bonds. The van der Waals surface area contributed by atoms with Gasteiger partial charge in [0.2, 0.25) is 0 Å². The lowest BCUT2D eigenvalue weighted by Gasteiger charge is -2.12. The molecule has 4 heteroatoms. The van der Waals surface area contributed by atoms with E-state index in [0.29, 0.717) is 12.1 Å². The van der Waals surface area contributed by atoms with Crippen molar-refractivity contribution in [2.24, 2.45) is 0 Å². The lowest BCUT2D eigenvalue weighted by Crippen LogP contribution is -2.25. The first-order chi connectivity index (χ1) is 10.1. The highest BCUT2D eigenvalue weighted by atomic mass is 16.1. The van der Waals surface area contributed by atoms with Gasteiger partial charge < -0.3 is 10.6 Å². The van der Waals surface area contributed by atoms with E-state index in [-0.39, 0.29) is 5.91 Å². The van der Waals surface area contributed by atoms with Crippen LogP contribution in [0.5, 0.6) is 0 Å². The standard InChI is InChI=1S/C17H21N3O/c1-4-18-15-10-12(2)7-8-14(15)17(21)20-11-16-13(3)6-5-9-19-16/h5-10,18H,4,11H2,1-3H3,(H,20,21). The van der Waals surface area contributed by atoms with Crippen LogP contribution in [0.3, 0.4) is 0 Å². The fourth-order valence-electron chi connectivity index (χ4n) is 2.16. The second-order valence-corrected chi connectivity index (χ2v) is 5.03. The number of hydrogen-bond donors (Lipinski definition) is 2. The number of aromatic nitrogens is 1. The molecule has 0 saturated carbocycles. The Morgan fingerprint density at radius 3 is 2.76 bits per heavy atom. The predicted molar refractivity (Wildman–Crippen MR) is 85.5 cm³/mol. The number of carbonyl (C=O) groups is 1. The molecule has 21 heavy (non-hydrogen) atoms. The van der Waals surface area contributed by atoms with Crippen LogP contribution in [0, 0.1) is 13.8 Å². The largest absolute Gasteiger partial charge is 0.385 e. The lowest BCUT2D eigenvalue weighted by molar-refractivity contribution is 0.0951. The van der Waals surface area contributed by atoms with Gasteiger partial charge in [-0.15, -0.1) is 0 Å². The fraction of sp³-hybridized carbons (Fsp3) is 0.294. The van der Waals surface area contributed by atoms with Crippen molar-refractivity contribution in [3.05, 3.63) is 58.9 Å². The summed E-state index contributed by atoms with van der Waals surface area (Å²) in [5.41, 5.74) is 4.63. The molecule has 2 N–H and O–H groups in total. The maximum absolute atomic E-state index is 12.4. The van der Waals surface area contributed by atoms with Crippen LogP contribution in [0.15, 0.2) is 36.5 Å². The Hall–Kier alpha value is -2.36. The maximum Gasteiger partial charge on any atom is 0.253 e. The highest BCUT2D eigenvalue weighted by molar-refractivity contribution is 5.99. The van der Waals surface area contributed by atoms with E-state index in [4.69, 9.17) is 0 Å². The van der Waals surface area contributed by atoms with Crippen molar-refractivity contribution in [3.8, 4) is 0 Å². The molecule has 0 aliphatic carbocycles. The molecular weight excluding hydrogens is 262 g/mol. The second kappa shape index (κ2) is 6.88. The lowest BCUT2D eigenvalue weighted by atomic mass is 10.1. The van der Waals surface area contributed by atoms with E-state index in [1.165, 1.54) is 0 Å². The van der Waals surface area contributed by atoms with Gasteiger partial charge >= 0.3 is 0 Å². The fourth-order valence-corrected chi connectivity index (χ4v) is 2.16. The minimum Gasteiger partial charge on any atom is -0.385 e. The van der Waals surface area contributed by atoms with Gasteiger partial charge in [0.05, 0.1) is 17.8 Å². The molecule has 4 nitrogen and oxygen atoms in total. The molecular formula is C17H21N3O. The molecule has 2 rings (SSSR count). The van der Waals surface area contributed by atoms with E-state index in [2.05, 4.69) is 15.6 Å². The van der Waals surface area contributed by atoms with E-state index in [9.17, 15) is 4.79 Å². The number of rotatable bonds is 5. The first-order valence-electron chi connectivity index (χ1n) is 7.15. The summed E-state index contributed by atoms with van der Waals surface area (Å²) in [6, 6.07) is 9.68. The van der Waals surface area contributed by atoms with Crippen LogP contribution in [0.1, 0.15) is 34.1 Å². The quantitative estimate of drug-likeness (QED) is 0.886. The van der Waals surface area contributed by atoms with Crippen LogP contribution in [-0.2, 0) is 6.54 Å². The molecule has 0 unspecified atom stereocenters. The Bertz CT molecular complexity index is 638. The summed E-state index contributed by atoms with van der Waals surface area (Å²) in [5, 5.41) is 6.16. The maximum atomic E-state index is 12.4. The summed E-state index contributed by atoms with van der Waals surface area (Å²) in [7, 11) is 0. The summed E-state index contributed by atoms with van der Waals surface area (Å²) >= 11 is 0. The van der Waals surface area contributed by atoms with E-state index in [1.807, 2.05) is 51.1 Å². The molecule has 0 atom stereocenters. The van der Waals surface area contributed by atoms with Gasteiger partial charge in [-0.2, -0.15) is 0 Å². The summed E-state index contributed by atoms with van der Waals surface area (Å²) in [6.45, 7) is 7.24. The van der Waals surface area contributed by atoms with Gasteiger partial charge in [-0.25, -0.2) is 0 Å². The van der Waals surface area contributed by atoms with Crippen LogP contribution in [0.2, 0.25) is 0 Å². The highest BCUT2D eigenvalue weighted by Gasteiger charge is 2.11. The SMILES string of the molecule is CCNc1cc(C)ccc1C(=O)NCc1ncccc1C. The summed E-state index contributed by atoms with van der Waals surface area (Å²) in [5.74, 6) is -0.0870. The minimum absolute atomic E-state index is 0.0870. The molecule has 0 radical (unpaired) electrons. The molecule has 2 aromatic rings. The second-order valence-electron chi connectivity index (χ2n) is 5.03. The van der Waals surface area contributed by atoms with Crippen molar-refractivity contribution >= 4 is 11.6 Å². The van der Waals surface area contributed by atoms with Crippen molar-refractivity contribution in [3.63, 3.8) is 0 Å². The van der Waals surface area contributed by atoms with Gasteiger partial charge in [0.15, 0.2) is 0 Å². The van der Waals surface area contributed by atoms with E-state index >= 15 is 0 Å². The van der Waals surface area contributed by atoms with E-state index in [1.54, 1.807) is 6.20 Å². The first-order valence-corrected chi connectivity index (χ1v) is 7.15. The van der Waals surface area contributed by atoms with Crippen molar-refractivity contribution in [1.29, 1.82) is 0 Å². The number of benzene rings is 1. The van der Waals surface area contributed by atoms with Crippen LogP contribution in [-0.4, -0.2) is 17.4 Å². The number of anilines is 1. The number of aryl methyl sites for hydroxylation is 2. The predicted octanol–water partition coefficient (Wildman–Crippen LogP) is 3.06. The van der Waals surface area contributed by atoms with Crippen LogP contribution in [0.25, 0.3) is 0 Å². The van der Waals surface area contributed by atoms with E-state index in [0.717, 1.165) is 29.1 Å². The Morgan fingerprint density at radius 1 is 1.24 bits per heavy atom. The van der Waals surface area contributed by atoms with Gasteiger partial charge in [-0.1, -0.05) is 12.1 Å². The number of nitrogens with one attached hydrogen (secondary N) is 2. The zero-order valence-electron chi connectivity index (χ0n) is 12.7. The van der Waals surface area contributed by atoms with Crippen molar-refractivity contribution < 1.29 is 4.79 Å². The third-order valence-electron chi connectivity index (χ3n) is 3.32. The topological polar surface area (TPSA) is 54.0 Å². The van der Waals surface area contributed by atoms with Gasteiger partial charge in [0, 0.05) is 18.4 Å². The van der Waals surface area contributed by atoms with Crippen LogP contribution < -0.4 is 10.6 Å². The van der Waals surface area contributed by atoms with Gasteiger partial charge in [-0.3, -0.25) is 9.78 Å². The van der Waals surface area contributed by atoms with Gasteiger partial charge in [-0.05, 0) is 50.1 Å². The Morgan fingerprint density at radius 2 is 2.05 bits per heavy atom.